The van der Waals surface area contributed by atoms with Crippen LogP contribution in [0.4, 0.5) is 5.69 Å². The summed E-state index contributed by atoms with van der Waals surface area (Å²) in [5.74, 6) is 0. The second kappa shape index (κ2) is 6.52. The lowest BCUT2D eigenvalue weighted by Crippen LogP contribution is -2.36. The van der Waals surface area contributed by atoms with Crippen molar-refractivity contribution in [1.29, 1.82) is 0 Å². The van der Waals surface area contributed by atoms with Crippen LogP contribution in [0.5, 0.6) is 0 Å². The highest BCUT2D eigenvalue weighted by Crippen LogP contribution is 2.11. The summed E-state index contributed by atoms with van der Waals surface area (Å²) in [6.45, 7) is 2.14. The van der Waals surface area contributed by atoms with Crippen molar-refractivity contribution in [3.05, 3.63) is 52.7 Å². The van der Waals surface area contributed by atoms with E-state index in [2.05, 4.69) is 35.1 Å². The highest BCUT2D eigenvalue weighted by atomic mass is 32.1. The first kappa shape index (κ1) is 13.1. The van der Waals surface area contributed by atoms with E-state index in [1.54, 1.807) is 11.3 Å². The number of hydrogen-bond donors (Lipinski definition) is 2. The zero-order valence-electron chi connectivity index (χ0n) is 10.2. The molecular weight excluding hydrogens is 260 g/mol. The van der Waals surface area contributed by atoms with Gasteiger partial charge in [0.2, 0.25) is 0 Å². The molecule has 0 saturated carbocycles. The van der Waals surface area contributed by atoms with Gasteiger partial charge in [-0.3, -0.25) is 0 Å². The second-order valence-electron chi connectivity index (χ2n) is 4.15. The quantitative estimate of drug-likeness (QED) is 0.833. The van der Waals surface area contributed by atoms with E-state index in [4.69, 9.17) is 12.2 Å². The summed E-state index contributed by atoms with van der Waals surface area (Å²) in [4.78, 5) is 1.37. The van der Waals surface area contributed by atoms with Crippen LogP contribution in [0.2, 0.25) is 0 Å². The van der Waals surface area contributed by atoms with Crippen molar-refractivity contribution in [3.63, 3.8) is 0 Å². The number of benzene rings is 1. The maximum absolute atomic E-state index is 5.29. The Hall–Kier alpha value is -1.39. The van der Waals surface area contributed by atoms with E-state index in [1.807, 2.05) is 30.3 Å². The zero-order valence-corrected chi connectivity index (χ0v) is 11.9. The summed E-state index contributed by atoms with van der Waals surface area (Å²) in [5.41, 5.74) is 1.01. The number of thiocarbonyl (C=S) groups is 1. The van der Waals surface area contributed by atoms with Crippen LogP contribution >= 0.6 is 23.6 Å². The van der Waals surface area contributed by atoms with Crippen LogP contribution in [0.25, 0.3) is 0 Å². The molecule has 0 radical (unpaired) electrons. The maximum Gasteiger partial charge on any atom is 0.170 e. The van der Waals surface area contributed by atoms with Crippen molar-refractivity contribution in [2.75, 3.05) is 5.32 Å². The van der Waals surface area contributed by atoms with E-state index in [0.717, 1.165) is 12.1 Å². The number of rotatable bonds is 4. The largest absolute Gasteiger partial charge is 0.360 e. The topological polar surface area (TPSA) is 24.1 Å². The van der Waals surface area contributed by atoms with E-state index in [-0.39, 0.29) is 0 Å². The highest BCUT2D eigenvalue weighted by Gasteiger charge is 2.06. The monoisotopic (exact) mass is 276 g/mol. The molecule has 4 heteroatoms. The Labute approximate surface area is 117 Å². The van der Waals surface area contributed by atoms with Crippen molar-refractivity contribution < 1.29 is 0 Å². The van der Waals surface area contributed by atoms with Gasteiger partial charge in [-0.2, -0.15) is 0 Å². The molecule has 0 aliphatic carbocycles. The predicted molar refractivity (Wildman–Crippen MR) is 83.3 cm³/mol. The Balaban J connectivity index is 1.80. The molecular formula is C14H16N2S2. The third-order valence-electron chi connectivity index (χ3n) is 2.50. The van der Waals surface area contributed by atoms with Gasteiger partial charge in [-0.05, 0) is 42.7 Å². The minimum atomic E-state index is 0.326. The number of nitrogens with one attached hydrogen (secondary N) is 2. The van der Waals surface area contributed by atoms with Crippen LogP contribution in [0.3, 0.4) is 0 Å². The molecule has 0 aliphatic rings. The summed E-state index contributed by atoms with van der Waals surface area (Å²) in [7, 11) is 0. The molecule has 0 unspecified atom stereocenters. The first-order valence-electron chi connectivity index (χ1n) is 5.89. The molecule has 0 bridgehead atoms. The third-order valence-corrected chi connectivity index (χ3v) is 3.62. The Kier molecular flexibility index (Phi) is 4.73. The van der Waals surface area contributed by atoms with Gasteiger partial charge in [-0.25, -0.2) is 0 Å². The minimum absolute atomic E-state index is 0.326. The molecule has 1 heterocycles. The highest BCUT2D eigenvalue weighted by molar-refractivity contribution is 7.80. The lowest BCUT2D eigenvalue weighted by molar-refractivity contribution is 0.670. The Morgan fingerprint density at radius 1 is 1.22 bits per heavy atom. The first-order valence-corrected chi connectivity index (χ1v) is 7.18. The van der Waals surface area contributed by atoms with Crippen LogP contribution in [-0.2, 0) is 6.42 Å². The van der Waals surface area contributed by atoms with Gasteiger partial charge >= 0.3 is 0 Å². The summed E-state index contributed by atoms with van der Waals surface area (Å²) < 4.78 is 0. The van der Waals surface area contributed by atoms with E-state index in [1.165, 1.54) is 4.88 Å². The summed E-state index contributed by atoms with van der Waals surface area (Å²) in [6, 6.07) is 14.5. The minimum Gasteiger partial charge on any atom is -0.360 e. The predicted octanol–water partition coefficient (Wildman–Crippen LogP) is 3.67. The number of thiophene rings is 1. The van der Waals surface area contributed by atoms with Gasteiger partial charge in [0.05, 0.1) is 0 Å². The van der Waals surface area contributed by atoms with Crippen LogP contribution in [0.1, 0.15) is 11.8 Å². The molecule has 0 saturated heterocycles. The van der Waals surface area contributed by atoms with Crippen LogP contribution in [-0.4, -0.2) is 11.2 Å². The molecule has 0 fully saturated rings. The van der Waals surface area contributed by atoms with Crippen molar-refractivity contribution in [3.8, 4) is 0 Å². The van der Waals surface area contributed by atoms with Gasteiger partial charge in [-0.15, -0.1) is 11.3 Å². The van der Waals surface area contributed by atoms with Gasteiger partial charge in [0.25, 0.3) is 0 Å². The molecule has 2 aromatic rings. The number of anilines is 1. The summed E-state index contributed by atoms with van der Waals surface area (Å²) >= 11 is 7.07. The van der Waals surface area contributed by atoms with Gasteiger partial charge in [0, 0.05) is 23.0 Å². The standard InChI is InChI=1S/C14H16N2S2/c1-11(10-13-8-5-9-18-13)15-14(17)16-12-6-3-2-4-7-12/h2-9,11H,10H2,1H3,(H2,15,16,17)/t11-/m1/s1. The van der Waals surface area contributed by atoms with Crippen LogP contribution in [0, 0.1) is 0 Å². The molecule has 0 spiro atoms. The fraction of sp³-hybridized carbons (Fsp3) is 0.214. The normalized spacial score (nSPS) is 11.8. The fourth-order valence-electron chi connectivity index (χ4n) is 1.69. The van der Waals surface area contributed by atoms with Crippen LogP contribution in [0.15, 0.2) is 47.8 Å². The molecule has 18 heavy (non-hydrogen) atoms. The number of para-hydroxylation sites is 1. The average Bonchev–Trinajstić information content (AvgIpc) is 2.82. The van der Waals surface area contributed by atoms with Crippen molar-refractivity contribution >= 4 is 34.4 Å². The summed E-state index contributed by atoms with van der Waals surface area (Å²) in [5, 5.41) is 9.24. The van der Waals surface area contributed by atoms with E-state index in [0.29, 0.717) is 11.2 Å². The fourth-order valence-corrected chi connectivity index (χ4v) is 2.85. The molecule has 1 aromatic carbocycles. The Morgan fingerprint density at radius 2 is 2.00 bits per heavy atom. The van der Waals surface area contributed by atoms with Gasteiger partial charge in [0.1, 0.15) is 0 Å². The number of hydrogen-bond acceptors (Lipinski definition) is 2. The van der Waals surface area contributed by atoms with E-state index >= 15 is 0 Å². The summed E-state index contributed by atoms with van der Waals surface area (Å²) in [6.07, 6.45) is 0.994. The smallest absolute Gasteiger partial charge is 0.170 e. The van der Waals surface area contributed by atoms with Crippen LogP contribution < -0.4 is 10.6 Å². The molecule has 0 aliphatic heterocycles. The lowest BCUT2D eigenvalue weighted by atomic mass is 10.2. The SMILES string of the molecule is C[C@H](Cc1cccs1)NC(=S)Nc1ccccc1. The first-order chi connectivity index (χ1) is 8.74. The van der Waals surface area contributed by atoms with Crippen molar-refractivity contribution in [1.82, 2.24) is 5.32 Å². The molecule has 1 atom stereocenters. The molecule has 94 valence electrons. The molecule has 1 aromatic heterocycles. The zero-order chi connectivity index (χ0) is 12.8. The second-order valence-corrected chi connectivity index (χ2v) is 5.59. The van der Waals surface area contributed by atoms with E-state index in [9.17, 15) is 0 Å². The maximum atomic E-state index is 5.29. The molecule has 2 nitrogen and oxygen atoms in total. The third kappa shape index (κ3) is 4.13. The van der Waals surface area contributed by atoms with Crippen molar-refractivity contribution in [2.24, 2.45) is 0 Å². The molecule has 0 amide bonds. The lowest BCUT2D eigenvalue weighted by Gasteiger charge is -2.16. The van der Waals surface area contributed by atoms with Gasteiger partial charge in [0.15, 0.2) is 5.11 Å². The van der Waals surface area contributed by atoms with Gasteiger partial charge < -0.3 is 10.6 Å². The van der Waals surface area contributed by atoms with E-state index < -0.39 is 0 Å². The Morgan fingerprint density at radius 3 is 2.67 bits per heavy atom. The average molecular weight is 276 g/mol. The molecule has 2 N–H and O–H groups in total. The van der Waals surface area contributed by atoms with Gasteiger partial charge in [-0.1, -0.05) is 24.3 Å². The Bertz CT molecular complexity index is 480. The molecule has 2 rings (SSSR count). The van der Waals surface area contributed by atoms with Crippen molar-refractivity contribution in [2.45, 2.75) is 19.4 Å².